The molecule has 3 N–H and O–H groups in total. The van der Waals surface area contributed by atoms with Crippen LogP contribution >= 0.6 is 11.3 Å². The number of aromatic amines is 1. The van der Waals surface area contributed by atoms with Crippen molar-refractivity contribution >= 4 is 32.3 Å². The highest BCUT2D eigenvalue weighted by Gasteiger charge is 2.17. The van der Waals surface area contributed by atoms with Gasteiger partial charge in [0.2, 0.25) is 0 Å². The number of rotatable bonds is 6. The average Bonchev–Trinajstić information content (AvgIpc) is 3.23. The molecule has 0 saturated carbocycles. The minimum atomic E-state index is -3.65. The molecule has 0 radical (unpaired) electrons. The third-order valence-electron chi connectivity index (χ3n) is 3.65. The van der Waals surface area contributed by atoms with Crippen LogP contribution in [0.3, 0.4) is 0 Å². The highest BCUT2D eigenvalue weighted by molar-refractivity contribution is 7.90. The number of carbonyl (C=O) groups excluding carboxylic acids is 1. The number of nitrogens with one attached hydrogen (secondary N) is 3. The van der Waals surface area contributed by atoms with Crippen LogP contribution in [0, 0.1) is 12.7 Å². The van der Waals surface area contributed by atoms with Gasteiger partial charge in [-0.1, -0.05) is 17.4 Å². The van der Waals surface area contributed by atoms with Crippen molar-refractivity contribution < 1.29 is 17.6 Å². The molecule has 0 aliphatic carbocycles. The molecule has 0 aliphatic heterocycles. The first kappa shape index (κ1) is 19.8. The van der Waals surface area contributed by atoms with Crippen LogP contribution in [0.5, 0.6) is 0 Å². The van der Waals surface area contributed by atoms with Crippen molar-refractivity contribution in [2.24, 2.45) is 0 Å². The summed E-state index contributed by atoms with van der Waals surface area (Å²) in [5, 5.41) is 18.8. The number of anilines is 1. The molecular weight excluding hydrogens is 409 g/mol. The molecular formula is C15H16FN7O3S2. The summed E-state index contributed by atoms with van der Waals surface area (Å²) in [6.45, 7) is 2.03. The maximum absolute atomic E-state index is 14.1. The number of nitrogens with zero attached hydrogens (tertiary/aromatic N) is 4. The number of urea groups is 1. The summed E-state index contributed by atoms with van der Waals surface area (Å²) < 4.78 is 37.2. The van der Waals surface area contributed by atoms with Crippen LogP contribution in [-0.4, -0.2) is 52.9 Å². The lowest BCUT2D eigenvalue weighted by atomic mass is 10.1. The van der Waals surface area contributed by atoms with Crippen LogP contribution in [-0.2, 0) is 16.3 Å². The molecule has 0 spiro atoms. The number of sulfone groups is 1. The number of halogens is 1. The number of benzene rings is 1. The van der Waals surface area contributed by atoms with Gasteiger partial charge in [0.1, 0.15) is 16.5 Å². The molecule has 0 atom stereocenters. The number of hydrogen-bond acceptors (Lipinski definition) is 8. The largest absolute Gasteiger partial charge is 0.337 e. The molecule has 3 aromatic rings. The topological polar surface area (TPSA) is 143 Å². The molecule has 13 heteroatoms. The predicted octanol–water partition coefficient (Wildman–Crippen LogP) is 1.54. The predicted molar refractivity (Wildman–Crippen MR) is 100 cm³/mol. The Morgan fingerprint density at radius 3 is 2.79 bits per heavy atom. The molecule has 10 nitrogen and oxygen atoms in total. The van der Waals surface area contributed by atoms with E-state index >= 15 is 0 Å². The van der Waals surface area contributed by atoms with Crippen molar-refractivity contribution in [1.29, 1.82) is 0 Å². The first-order valence-electron chi connectivity index (χ1n) is 7.99. The Hall–Kier alpha value is -2.93. The quantitative estimate of drug-likeness (QED) is 0.543. The van der Waals surface area contributed by atoms with Gasteiger partial charge in [-0.3, -0.25) is 5.32 Å². The zero-order valence-electron chi connectivity index (χ0n) is 14.9. The lowest BCUT2D eigenvalue weighted by Gasteiger charge is -2.04. The normalized spacial score (nSPS) is 11.4. The Balaban J connectivity index is 1.67. The molecule has 148 valence electrons. The van der Waals surface area contributed by atoms with Crippen LogP contribution in [0.1, 0.15) is 11.5 Å². The summed E-state index contributed by atoms with van der Waals surface area (Å²) in [6, 6.07) is 3.42. The van der Waals surface area contributed by atoms with Crippen LogP contribution < -0.4 is 10.6 Å². The van der Waals surface area contributed by atoms with Crippen molar-refractivity contribution in [2.45, 2.75) is 18.2 Å². The van der Waals surface area contributed by atoms with Gasteiger partial charge in [0.15, 0.2) is 15.0 Å². The summed E-state index contributed by atoms with van der Waals surface area (Å²) in [6.07, 6.45) is 1.39. The van der Waals surface area contributed by atoms with Crippen molar-refractivity contribution in [3.05, 3.63) is 35.5 Å². The smallest absolute Gasteiger partial charge is 0.321 e. The van der Waals surface area contributed by atoms with E-state index in [4.69, 9.17) is 0 Å². The summed E-state index contributed by atoms with van der Waals surface area (Å²) in [5.41, 5.74) is 1.06. The standard InChI is InChI=1S/C15H16FN7O3S2/c1-8-13(9-3-4-11(10(16)7-9)28(2,25)26)27-15(18-8)19-14(24)17-6-5-12-20-22-23-21-12/h3-4,7H,5-6H2,1-2H3,(H2,17,18,19,24)(H,20,21,22,23). The van der Waals surface area contributed by atoms with E-state index in [1.165, 1.54) is 12.1 Å². The Morgan fingerprint density at radius 1 is 1.36 bits per heavy atom. The first-order valence-corrected chi connectivity index (χ1v) is 10.7. The number of amides is 2. The van der Waals surface area contributed by atoms with E-state index in [-0.39, 0.29) is 4.90 Å². The lowest BCUT2D eigenvalue weighted by Crippen LogP contribution is -2.30. The maximum atomic E-state index is 14.1. The summed E-state index contributed by atoms with van der Waals surface area (Å²) in [4.78, 5) is 16.5. The van der Waals surface area contributed by atoms with Gasteiger partial charge in [-0.05, 0) is 35.0 Å². The fourth-order valence-electron chi connectivity index (χ4n) is 2.38. The van der Waals surface area contributed by atoms with Crippen LogP contribution in [0.4, 0.5) is 14.3 Å². The van der Waals surface area contributed by atoms with Crippen molar-refractivity contribution in [2.75, 3.05) is 18.1 Å². The maximum Gasteiger partial charge on any atom is 0.321 e. The van der Waals surface area contributed by atoms with Gasteiger partial charge in [-0.25, -0.2) is 27.7 Å². The minimum Gasteiger partial charge on any atom is -0.337 e. The molecule has 2 aromatic heterocycles. The van der Waals surface area contributed by atoms with Crippen LogP contribution in [0.15, 0.2) is 23.1 Å². The molecule has 0 fully saturated rings. The van der Waals surface area contributed by atoms with E-state index in [1.54, 1.807) is 6.92 Å². The molecule has 0 unspecified atom stereocenters. The second kappa shape index (κ2) is 7.98. The second-order valence-electron chi connectivity index (χ2n) is 5.83. The van der Waals surface area contributed by atoms with Crippen LogP contribution in [0.25, 0.3) is 10.4 Å². The number of aromatic nitrogens is 5. The summed E-state index contributed by atoms with van der Waals surface area (Å²) >= 11 is 1.16. The summed E-state index contributed by atoms with van der Waals surface area (Å²) in [5.74, 6) is -0.283. The highest BCUT2D eigenvalue weighted by Crippen LogP contribution is 2.34. The van der Waals surface area contributed by atoms with Gasteiger partial charge in [0.25, 0.3) is 0 Å². The van der Waals surface area contributed by atoms with Crippen molar-refractivity contribution in [3.63, 3.8) is 0 Å². The lowest BCUT2D eigenvalue weighted by molar-refractivity contribution is 0.252. The zero-order valence-corrected chi connectivity index (χ0v) is 16.5. The number of hydrogen-bond donors (Lipinski definition) is 3. The van der Waals surface area contributed by atoms with Gasteiger partial charge < -0.3 is 5.32 Å². The van der Waals surface area contributed by atoms with E-state index in [2.05, 4.69) is 36.2 Å². The fraction of sp³-hybridized carbons (Fsp3) is 0.267. The van der Waals surface area contributed by atoms with E-state index in [9.17, 15) is 17.6 Å². The Kier molecular flexibility index (Phi) is 5.65. The molecule has 0 bridgehead atoms. The second-order valence-corrected chi connectivity index (χ2v) is 8.81. The first-order chi connectivity index (χ1) is 13.2. The number of tetrazole rings is 1. The van der Waals surface area contributed by atoms with Gasteiger partial charge in [-0.2, -0.15) is 0 Å². The average molecular weight is 425 g/mol. The third-order valence-corrected chi connectivity index (χ3v) is 5.90. The zero-order chi connectivity index (χ0) is 20.3. The van der Waals surface area contributed by atoms with E-state index in [0.717, 1.165) is 23.7 Å². The van der Waals surface area contributed by atoms with E-state index in [1.807, 2.05) is 0 Å². The number of aryl methyl sites for hydroxylation is 1. The Bertz CT molecular complexity index is 1100. The van der Waals surface area contributed by atoms with Gasteiger partial charge in [-0.15, -0.1) is 5.10 Å². The molecule has 0 saturated heterocycles. The SMILES string of the molecule is Cc1nc(NC(=O)NCCc2nnn[nH]2)sc1-c1ccc(S(C)(=O)=O)c(F)c1. The molecule has 1 aromatic carbocycles. The molecule has 2 amide bonds. The monoisotopic (exact) mass is 425 g/mol. The highest BCUT2D eigenvalue weighted by atomic mass is 32.2. The summed E-state index contributed by atoms with van der Waals surface area (Å²) in [7, 11) is -3.65. The van der Waals surface area contributed by atoms with Crippen molar-refractivity contribution in [3.8, 4) is 10.4 Å². The number of H-pyrrole nitrogens is 1. The third kappa shape index (κ3) is 4.67. The fourth-order valence-corrected chi connectivity index (χ4v) is 4.07. The van der Waals surface area contributed by atoms with Gasteiger partial charge in [0, 0.05) is 19.2 Å². The Labute approximate surface area is 163 Å². The molecule has 3 rings (SSSR count). The molecule has 0 aliphatic rings. The van der Waals surface area contributed by atoms with E-state index < -0.39 is 21.7 Å². The van der Waals surface area contributed by atoms with Crippen LogP contribution in [0.2, 0.25) is 0 Å². The van der Waals surface area contributed by atoms with Crippen molar-refractivity contribution in [1.82, 2.24) is 30.9 Å². The number of thiazole rings is 1. The minimum absolute atomic E-state index is 0.318. The number of carbonyl (C=O) groups is 1. The molecule has 2 heterocycles. The molecule has 28 heavy (non-hydrogen) atoms. The Morgan fingerprint density at radius 2 is 2.14 bits per heavy atom. The van der Waals surface area contributed by atoms with E-state index in [0.29, 0.717) is 40.1 Å². The van der Waals surface area contributed by atoms with Gasteiger partial charge in [0.05, 0.1) is 10.6 Å². The van der Waals surface area contributed by atoms with Gasteiger partial charge >= 0.3 is 6.03 Å².